The molecule has 0 saturated carbocycles. The summed E-state index contributed by atoms with van der Waals surface area (Å²) in [5.41, 5.74) is 2.15. The summed E-state index contributed by atoms with van der Waals surface area (Å²) in [5.74, 6) is 0. The number of hydrogen-bond donors (Lipinski definition) is 1. The van der Waals surface area contributed by atoms with Gasteiger partial charge in [0.15, 0.2) is 0 Å². The minimum atomic E-state index is 0.111. The van der Waals surface area contributed by atoms with E-state index in [-0.39, 0.29) is 5.41 Å². The van der Waals surface area contributed by atoms with E-state index in [1.807, 2.05) is 12.1 Å². The van der Waals surface area contributed by atoms with E-state index in [9.17, 15) is 4.79 Å². The van der Waals surface area contributed by atoms with Crippen LogP contribution in [0.4, 0.5) is 5.69 Å². The van der Waals surface area contributed by atoms with Crippen LogP contribution >= 0.6 is 15.9 Å². The molecule has 0 spiro atoms. The van der Waals surface area contributed by atoms with Crippen molar-refractivity contribution in [2.75, 3.05) is 5.32 Å². The predicted octanol–water partition coefficient (Wildman–Crippen LogP) is 3.71. The molecule has 0 aliphatic carbocycles. The van der Waals surface area contributed by atoms with E-state index in [4.69, 9.17) is 0 Å². The highest BCUT2D eigenvalue weighted by molar-refractivity contribution is 9.10. The summed E-state index contributed by atoms with van der Waals surface area (Å²) in [4.78, 5) is 10.4. The molecule has 0 bridgehead atoms. The first kappa shape index (κ1) is 12.2. The molecule has 1 aromatic carbocycles. The third kappa shape index (κ3) is 2.59. The van der Waals surface area contributed by atoms with Gasteiger partial charge in [0.1, 0.15) is 0 Å². The molecule has 0 atom stereocenters. The Hall–Kier alpha value is -0.830. The maximum atomic E-state index is 10.4. The van der Waals surface area contributed by atoms with E-state index in [0.717, 1.165) is 16.6 Å². The molecular formula is C12H16BrNO. The summed E-state index contributed by atoms with van der Waals surface area (Å²) in [6.07, 6.45) is 1.75. The van der Waals surface area contributed by atoms with Crippen molar-refractivity contribution in [3.05, 3.63) is 28.2 Å². The van der Waals surface area contributed by atoms with Crippen LogP contribution in [0.3, 0.4) is 0 Å². The van der Waals surface area contributed by atoms with E-state index >= 15 is 0 Å². The molecule has 0 fully saturated rings. The average Bonchev–Trinajstić information content (AvgIpc) is 2.21. The smallest absolute Gasteiger partial charge is 0.211 e. The van der Waals surface area contributed by atoms with E-state index in [0.29, 0.717) is 6.41 Å². The lowest BCUT2D eigenvalue weighted by atomic mass is 9.82. The molecule has 0 heterocycles. The summed E-state index contributed by atoms with van der Waals surface area (Å²) < 4.78 is 0.976. The van der Waals surface area contributed by atoms with Crippen LogP contribution in [0.15, 0.2) is 22.7 Å². The van der Waals surface area contributed by atoms with Gasteiger partial charge in [-0.2, -0.15) is 0 Å². The van der Waals surface area contributed by atoms with E-state index in [1.54, 1.807) is 0 Å². The molecule has 0 aromatic heterocycles. The molecule has 1 rings (SSSR count). The van der Waals surface area contributed by atoms with Crippen LogP contribution in [0.1, 0.15) is 32.8 Å². The van der Waals surface area contributed by atoms with Gasteiger partial charge < -0.3 is 5.32 Å². The maximum Gasteiger partial charge on any atom is 0.211 e. The van der Waals surface area contributed by atoms with Gasteiger partial charge >= 0.3 is 0 Å². The lowest BCUT2D eigenvalue weighted by Gasteiger charge is -2.25. The van der Waals surface area contributed by atoms with Crippen molar-refractivity contribution in [1.82, 2.24) is 0 Å². The van der Waals surface area contributed by atoms with Crippen LogP contribution in [-0.2, 0) is 10.2 Å². The Balaban J connectivity index is 3.20. The number of hydrogen-bond acceptors (Lipinski definition) is 1. The van der Waals surface area contributed by atoms with Crippen LogP contribution in [0.25, 0.3) is 0 Å². The van der Waals surface area contributed by atoms with Gasteiger partial charge in [-0.05, 0) is 39.4 Å². The summed E-state index contributed by atoms with van der Waals surface area (Å²) in [6, 6.07) is 5.93. The number of rotatable bonds is 4. The van der Waals surface area contributed by atoms with Gasteiger partial charge in [-0.15, -0.1) is 0 Å². The Labute approximate surface area is 99.2 Å². The topological polar surface area (TPSA) is 29.1 Å². The van der Waals surface area contributed by atoms with Gasteiger partial charge in [0.2, 0.25) is 6.41 Å². The number of carbonyl (C=O) groups excluding carboxylic acids is 1. The zero-order valence-corrected chi connectivity index (χ0v) is 10.9. The fourth-order valence-electron chi connectivity index (χ4n) is 1.42. The summed E-state index contributed by atoms with van der Waals surface area (Å²) >= 11 is 3.54. The highest BCUT2D eigenvalue weighted by atomic mass is 79.9. The first-order valence-corrected chi connectivity index (χ1v) is 5.81. The molecule has 0 aliphatic heterocycles. The molecule has 3 heteroatoms. The predicted molar refractivity (Wildman–Crippen MR) is 67.1 cm³/mol. The van der Waals surface area contributed by atoms with Gasteiger partial charge in [-0.25, -0.2) is 0 Å². The Bertz CT molecular complexity index is 361. The molecule has 0 radical (unpaired) electrons. The first-order valence-electron chi connectivity index (χ1n) is 5.02. The SMILES string of the molecule is CCC(C)(C)c1cccc(NC=O)c1Br. The first-order chi connectivity index (χ1) is 7.03. The van der Waals surface area contributed by atoms with Crippen LogP contribution in [0.2, 0.25) is 0 Å². The molecule has 0 saturated heterocycles. The van der Waals surface area contributed by atoms with Gasteiger partial charge in [0, 0.05) is 4.47 Å². The Kier molecular flexibility index (Phi) is 3.91. The Morgan fingerprint density at radius 3 is 2.67 bits per heavy atom. The summed E-state index contributed by atoms with van der Waals surface area (Å²) in [5, 5.41) is 2.68. The maximum absolute atomic E-state index is 10.4. The number of benzene rings is 1. The van der Waals surface area contributed by atoms with Crippen molar-refractivity contribution in [2.24, 2.45) is 0 Å². The number of carbonyl (C=O) groups is 1. The van der Waals surface area contributed by atoms with Crippen molar-refractivity contribution >= 4 is 28.0 Å². The number of nitrogens with one attached hydrogen (secondary N) is 1. The highest BCUT2D eigenvalue weighted by Gasteiger charge is 2.21. The monoisotopic (exact) mass is 269 g/mol. The molecule has 15 heavy (non-hydrogen) atoms. The molecule has 0 unspecified atom stereocenters. The largest absolute Gasteiger partial charge is 0.328 e. The normalized spacial score (nSPS) is 11.2. The Morgan fingerprint density at radius 1 is 1.47 bits per heavy atom. The van der Waals surface area contributed by atoms with Gasteiger partial charge in [-0.1, -0.05) is 32.9 Å². The lowest BCUT2D eigenvalue weighted by molar-refractivity contribution is -0.105. The minimum absolute atomic E-state index is 0.111. The molecule has 2 nitrogen and oxygen atoms in total. The van der Waals surface area contributed by atoms with Crippen molar-refractivity contribution in [2.45, 2.75) is 32.6 Å². The van der Waals surface area contributed by atoms with E-state index in [1.165, 1.54) is 5.56 Å². The molecule has 1 amide bonds. The van der Waals surface area contributed by atoms with Crippen molar-refractivity contribution in [3.8, 4) is 0 Å². The van der Waals surface area contributed by atoms with Crippen LogP contribution in [0, 0.1) is 0 Å². The number of anilines is 1. The van der Waals surface area contributed by atoms with Gasteiger partial charge in [-0.3, -0.25) is 4.79 Å². The molecular weight excluding hydrogens is 254 g/mol. The molecule has 1 N–H and O–H groups in total. The zero-order chi connectivity index (χ0) is 11.5. The third-order valence-electron chi connectivity index (χ3n) is 2.83. The second kappa shape index (κ2) is 4.79. The van der Waals surface area contributed by atoms with Crippen LogP contribution < -0.4 is 5.32 Å². The summed E-state index contributed by atoms with van der Waals surface area (Å²) in [6.45, 7) is 6.54. The third-order valence-corrected chi connectivity index (χ3v) is 3.68. The summed E-state index contributed by atoms with van der Waals surface area (Å²) in [7, 11) is 0. The molecule has 82 valence electrons. The minimum Gasteiger partial charge on any atom is -0.328 e. The number of amides is 1. The molecule has 0 aliphatic rings. The van der Waals surface area contributed by atoms with Gasteiger partial charge in [0.25, 0.3) is 0 Å². The highest BCUT2D eigenvalue weighted by Crippen LogP contribution is 2.36. The van der Waals surface area contributed by atoms with E-state index in [2.05, 4.69) is 48.1 Å². The van der Waals surface area contributed by atoms with Crippen molar-refractivity contribution in [3.63, 3.8) is 0 Å². The van der Waals surface area contributed by atoms with Crippen molar-refractivity contribution < 1.29 is 4.79 Å². The van der Waals surface area contributed by atoms with Crippen molar-refractivity contribution in [1.29, 1.82) is 0 Å². The fourth-order valence-corrected chi connectivity index (χ4v) is 2.34. The zero-order valence-electron chi connectivity index (χ0n) is 9.30. The second-order valence-electron chi connectivity index (χ2n) is 4.17. The van der Waals surface area contributed by atoms with E-state index < -0.39 is 0 Å². The molecule has 1 aromatic rings. The number of halogens is 1. The average molecular weight is 270 g/mol. The quantitative estimate of drug-likeness (QED) is 0.830. The van der Waals surface area contributed by atoms with Crippen LogP contribution in [0.5, 0.6) is 0 Å². The lowest BCUT2D eigenvalue weighted by Crippen LogP contribution is -2.16. The van der Waals surface area contributed by atoms with Crippen LogP contribution in [-0.4, -0.2) is 6.41 Å². The Morgan fingerprint density at radius 2 is 2.13 bits per heavy atom. The standard InChI is InChI=1S/C12H16BrNO/c1-4-12(2,3)9-6-5-7-10(11(9)13)14-8-15/h5-8H,4H2,1-3H3,(H,14,15). The second-order valence-corrected chi connectivity index (χ2v) is 4.96. The fraction of sp³-hybridized carbons (Fsp3) is 0.417. The van der Waals surface area contributed by atoms with Gasteiger partial charge in [0.05, 0.1) is 5.69 Å².